The minimum Gasteiger partial charge on any atom is -0.299 e. The molecule has 0 aliphatic heterocycles. The van der Waals surface area contributed by atoms with Crippen LogP contribution in [0.1, 0.15) is 63.0 Å². The molecule has 1 aliphatic rings. The third-order valence-electron chi connectivity index (χ3n) is 6.92. The standard InChI is InChI=1S/C27H27Cl2F2N3O2/c1-15(2)18-14-17(7-9-20(18)28)23-32-24(34-26(36)33-23)19-13-16(5-8-21(19)29)6-10-22(35)27(25(30)31)11-3-4-12-27/h5,7-9,13-15,25H,3-4,6,10-12H2,1-2H3,(H,32,33,34,36). The van der Waals surface area contributed by atoms with Crippen LogP contribution in [0.15, 0.2) is 41.2 Å². The number of rotatable bonds is 8. The molecule has 0 atom stereocenters. The molecule has 1 aromatic heterocycles. The van der Waals surface area contributed by atoms with Crippen LogP contribution in [-0.2, 0) is 11.2 Å². The number of halogens is 4. The Balaban J connectivity index is 1.63. The number of hydrogen-bond donors (Lipinski definition) is 1. The number of Topliss-reactive ketones (excluding diaryl/α,β-unsaturated/α-hetero) is 1. The van der Waals surface area contributed by atoms with Crippen molar-refractivity contribution in [2.45, 2.75) is 64.7 Å². The maximum absolute atomic E-state index is 13.7. The molecule has 0 bridgehead atoms. The predicted molar refractivity (Wildman–Crippen MR) is 138 cm³/mol. The molecule has 190 valence electrons. The van der Waals surface area contributed by atoms with Gasteiger partial charge in [0.25, 0.3) is 6.43 Å². The number of H-pyrrole nitrogens is 1. The molecule has 4 rings (SSSR count). The molecule has 36 heavy (non-hydrogen) atoms. The fourth-order valence-electron chi connectivity index (χ4n) is 4.81. The van der Waals surface area contributed by atoms with E-state index >= 15 is 0 Å². The first-order valence-electron chi connectivity index (χ1n) is 12.0. The fourth-order valence-corrected chi connectivity index (χ4v) is 5.35. The monoisotopic (exact) mass is 533 g/mol. The molecule has 1 heterocycles. The lowest BCUT2D eigenvalue weighted by atomic mass is 9.79. The van der Waals surface area contributed by atoms with Gasteiger partial charge in [-0.1, -0.05) is 56.0 Å². The summed E-state index contributed by atoms with van der Waals surface area (Å²) in [6, 6.07) is 10.5. The number of aromatic nitrogens is 3. The van der Waals surface area contributed by atoms with Gasteiger partial charge in [-0.25, -0.2) is 18.6 Å². The third-order valence-corrected chi connectivity index (χ3v) is 7.60. The number of alkyl halides is 2. The highest BCUT2D eigenvalue weighted by molar-refractivity contribution is 6.33. The van der Waals surface area contributed by atoms with E-state index in [0.717, 1.165) is 11.1 Å². The Bertz CT molecular complexity index is 1330. The van der Waals surface area contributed by atoms with Gasteiger partial charge < -0.3 is 0 Å². The number of nitrogens with zero attached hydrogens (tertiary/aromatic N) is 2. The van der Waals surface area contributed by atoms with Crippen molar-refractivity contribution in [1.29, 1.82) is 0 Å². The van der Waals surface area contributed by atoms with Crippen molar-refractivity contribution in [3.8, 4) is 22.8 Å². The summed E-state index contributed by atoms with van der Waals surface area (Å²) < 4.78 is 27.4. The second kappa shape index (κ2) is 10.8. The van der Waals surface area contributed by atoms with E-state index in [1.807, 2.05) is 19.9 Å². The zero-order valence-corrected chi connectivity index (χ0v) is 21.6. The van der Waals surface area contributed by atoms with Gasteiger partial charge in [0, 0.05) is 22.6 Å². The number of carbonyl (C=O) groups is 1. The highest BCUT2D eigenvalue weighted by atomic mass is 35.5. The predicted octanol–water partition coefficient (Wildman–Crippen LogP) is 7.26. The Labute approximate surface area is 218 Å². The van der Waals surface area contributed by atoms with E-state index in [9.17, 15) is 18.4 Å². The van der Waals surface area contributed by atoms with Crippen LogP contribution in [0.2, 0.25) is 10.0 Å². The molecule has 0 unspecified atom stereocenters. The molecule has 0 saturated heterocycles. The van der Waals surface area contributed by atoms with Gasteiger partial charge in [0.2, 0.25) is 0 Å². The van der Waals surface area contributed by atoms with Gasteiger partial charge >= 0.3 is 5.69 Å². The second-order valence-corrected chi connectivity index (χ2v) is 10.4. The Hall–Kier alpha value is -2.64. The summed E-state index contributed by atoms with van der Waals surface area (Å²) in [6.07, 6.45) is -0.573. The Kier molecular flexibility index (Phi) is 7.90. The van der Waals surface area contributed by atoms with Crippen molar-refractivity contribution in [3.63, 3.8) is 0 Å². The minimum atomic E-state index is -2.65. The van der Waals surface area contributed by atoms with Crippen molar-refractivity contribution < 1.29 is 13.6 Å². The van der Waals surface area contributed by atoms with Crippen LogP contribution in [0.5, 0.6) is 0 Å². The molecule has 5 nitrogen and oxygen atoms in total. The zero-order chi connectivity index (χ0) is 26.0. The number of hydrogen-bond acceptors (Lipinski definition) is 4. The molecular weight excluding hydrogens is 507 g/mol. The van der Waals surface area contributed by atoms with Crippen molar-refractivity contribution in [3.05, 3.63) is 68.1 Å². The lowest BCUT2D eigenvalue weighted by Crippen LogP contribution is -2.35. The molecule has 0 amide bonds. The summed E-state index contributed by atoms with van der Waals surface area (Å²) in [4.78, 5) is 36.4. The summed E-state index contributed by atoms with van der Waals surface area (Å²) in [6.45, 7) is 4.03. The van der Waals surface area contributed by atoms with Crippen LogP contribution in [-0.4, -0.2) is 27.2 Å². The van der Waals surface area contributed by atoms with Crippen molar-refractivity contribution in [1.82, 2.24) is 15.0 Å². The van der Waals surface area contributed by atoms with Gasteiger partial charge in [-0.3, -0.25) is 9.78 Å². The zero-order valence-electron chi connectivity index (χ0n) is 20.1. The van der Waals surface area contributed by atoms with Crippen LogP contribution < -0.4 is 5.69 Å². The number of ketones is 1. The van der Waals surface area contributed by atoms with Crippen LogP contribution in [0.3, 0.4) is 0 Å². The van der Waals surface area contributed by atoms with Crippen molar-refractivity contribution in [2.75, 3.05) is 0 Å². The summed E-state index contributed by atoms with van der Waals surface area (Å²) >= 11 is 12.7. The lowest BCUT2D eigenvalue weighted by molar-refractivity contribution is -0.137. The van der Waals surface area contributed by atoms with E-state index in [1.54, 1.807) is 30.3 Å². The van der Waals surface area contributed by atoms with Crippen LogP contribution in [0.4, 0.5) is 8.78 Å². The molecule has 1 fully saturated rings. The van der Waals surface area contributed by atoms with E-state index in [0.29, 0.717) is 34.0 Å². The van der Waals surface area contributed by atoms with Gasteiger partial charge in [0.15, 0.2) is 5.82 Å². The first kappa shape index (κ1) is 26.4. The first-order valence-corrected chi connectivity index (χ1v) is 12.7. The molecule has 3 aromatic rings. The minimum absolute atomic E-state index is 0.0136. The quantitative estimate of drug-likeness (QED) is 0.330. The average Bonchev–Trinajstić information content (AvgIpc) is 3.35. The van der Waals surface area contributed by atoms with E-state index < -0.39 is 23.3 Å². The Morgan fingerprint density at radius 2 is 1.75 bits per heavy atom. The summed E-state index contributed by atoms with van der Waals surface area (Å²) in [5, 5.41) is 0.972. The third kappa shape index (κ3) is 5.37. The molecule has 9 heteroatoms. The molecular formula is C27H27Cl2F2N3O2. The Morgan fingerprint density at radius 1 is 1.06 bits per heavy atom. The van der Waals surface area contributed by atoms with Crippen LogP contribution in [0.25, 0.3) is 22.8 Å². The van der Waals surface area contributed by atoms with Crippen LogP contribution in [0, 0.1) is 5.41 Å². The van der Waals surface area contributed by atoms with Crippen LogP contribution >= 0.6 is 23.2 Å². The lowest BCUT2D eigenvalue weighted by Gasteiger charge is -2.26. The SMILES string of the molecule is CC(C)c1cc(-c2nc(-c3cc(CCC(=O)C4(C(F)F)CCCC4)ccc3Cl)[nH]c(=O)n2)ccc1Cl. The average molecular weight is 534 g/mol. The topological polar surface area (TPSA) is 75.7 Å². The number of nitrogens with one attached hydrogen (secondary N) is 1. The van der Waals surface area contributed by atoms with E-state index in [1.165, 1.54) is 0 Å². The van der Waals surface area contributed by atoms with Gasteiger partial charge in [-0.15, -0.1) is 0 Å². The molecule has 2 aromatic carbocycles. The smallest absolute Gasteiger partial charge is 0.299 e. The number of carbonyl (C=O) groups excluding carboxylic acids is 1. The highest BCUT2D eigenvalue weighted by Gasteiger charge is 2.48. The second-order valence-electron chi connectivity index (χ2n) is 9.62. The van der Waals surface area contributed by atoms with Crippen molar-refractivity contribution >= 4 is 29.0 Å². The van der Waals surface area contributed by atoms with E-state index in [-0.39, 0.29) is 43.3 Å². The van der Waals surface area contributed by atoms with Gasteiger partial charge in [-0.05, 0) is 66.6 Å². The normalized spacial score (nSPS) is 15.1. The number of aromatic amines is 1. The molecule has 0 radical (unpaired) electrons. The van der Waals surface area contributed by atoms with Gasteiger partial charge in [0.05, 0.1) is 10.4 Å². The maximum Gasteiger partial charge on any atom is 0.348 e. The largest absolute Gasteiger partial charge is 0.348 e. The fraction of sp³-hybridized carbons (Fsp3) is 0.407. The van der Waals surface area contributed by atoms with E-state index in [2.05, 4.69) is 15.0 Å². The van der Waals surface area contributed by atoms with Gasteiger partial charge in [0.1, 0.15) is 11.6 Å². The first-order chi connectivity index (χ1) is 17.1. The summed E-state index contributed by atoms with van der Waals surface area (Å²) in [5.41, 5.74) is 0.642. The van der Waals surface area contributed by atoms with Crippen molar-refractivity contribution in [2.24, 2.45) is 5.41 Å². The molecule has 1 N–H and O–H groups in total. The molecule has 0 spiro atoms. The molecule has 1 saturated carbocycles. The van der Waals surface area contributed by atoms with Gasteiger partial charge in [-0.2, -0.15) is 4.98 Å². The Morgan fingerprint density at radius 3 is 2.42 bits per heavy atom. The van der Waals surface area contributed by atoms with E-state index in [4.69, 9.17) is 23.2 Å². The maximum atomic E-state index is 13.7. The summed E-state index contributed by atoms with van der Waals surface area (Å²) in [7, 11) is 0. The highest BCUT2D eigenvalue weighted by Crippen LogP contribution is 2.45. The number of aryl methyl sites for hydroxylation is 1. The number of benzene rings is 2. The molecule has 1 aliphatic carbocycles. The summed E-state index contributed by atoms with van der Waals surface area (Å²) in [5.74, 6) is 0.224.